The quantitative estimate of drug-likeness (QED) is 0.889. The highest BCUT2D eigenvalue weighted by molar-refractivity contribution is 9.10. The fourth-order valence-corrected chi connectivity index (χ4v) is 2.98. The highest BCUT2D eigenvalue weighted by Gasteiger charge is 2.26. The molecule has 20 heavy (non-hydrogen) atoms. The third-order valence-electron chi connectivity index (χ3n) is 4.03. The van der Waals surface area contributed by atoms with Gasteiger partial charge in [-0.2, -0.15) is 0 Å². The van der Waals surface area contributed by atoms with E-state index in [9.17, 15) is 0 Å². The molecule has 0 aliphatic carbocycles. The van der Waals surface area contributed by atoms with Gasteiger partial charge in [0.25, 0.3) is 0 Å². The SMILES string of the molecule is CCC1(C)CN(CCOc2cccc(Br)c2)CCCN1. The van der Waals surface area contributed by atoms with Crippen molar-refractivity contribution < 1.29 is 4.74 Å². The van der Waals surface area contributed by atoms with Crippen LogP contribution in [0.2, 0.25) is 0 Å². The van der Waals surface area contributed by atoms with E-state index in [-0.39, 0.29) is 5.54 Å². The van der Waals surface area contributed by atoms with Gasteiger partial charge in [-0.15, -0.1) is 0 Å². The van der Waals surface area contributed by atoms with Crippen LogP contribution in [0.5, 0.6) is 5.75 Å². The molecule has 3 nitrogen and oxygen atoms in total. The van der Waals surface area contributed by atoms with Crippen molar-refractivity contribution in [3.63, 3.8) is 0 Å². The molecule has 0 amide bonds. The van der Waals surface area contributed by atoms with E-state index in [4.69, 9.17) is 4.74 Å². The first-order valence-electron chi connectivity index (χ1n) is 7.47. The molecule has 0 saturated carbocycles. The summed E-state index contributed by atoms with van der Waals surface area (Å²) in [7, 11) is 0. The third-order valence-corrected chi connectivity index (χ3v) is 4.52. The second-order valence-electron chi connectivity index (χ2n) is 5.78. The Hall–Kier alpha value is -0.580. The predicted octanol–water partition coefficient (Wildman–Crippen LogP) is 3.29. The van der Waals surface area contributed by atoms with E-state index in [0.29, 0.717) is 0 Å². The number of nitrogens with one attached hydrogen (secondary N) is 1. The first-order valence-corrected chi connectivity index (χ1v) is 8.26. The monoisotopic (exact) mass is 340 g/mol. The van der Waals surface area contributed by atoms with Crippen LogP contribution in [0.15, 0.2) is 28.7 Å². The zero-order valence-corrected chi connectivity index (χ0v) is 14.1. The molecule has 1 fully saturated rings. The summed E-state index contributed by atoms with van der Waals surface area (Å²) in [5, 5.41) is 3.66. The molecule has 112 valence electrons. The average Bonchev–Trinajstić information content (AvgIpc) is 2.62. The Morgan fingerprint density at radius 3 is 3.05 bits per heavy atom. The zero-order chi connectivity index (χ0) is 14.4. The van der Waals surface area contributed by atoms with Crippen molar-refractivity contribution in [3.8, 4) is 5.75 Å². The van der Waals surface area contributed by atoms with Crippen molar-refractivity contribution in [1.82, 2.24) is 10.2 Å². The van der Waals surface area contributed by atoms with Crippen LogP contribution in [0.3, 0.4) is 0 Å². The minimum Gasteiger partial charge on any atom is -0.492 e. The number of rotatable bonds is 5. The maximum atomic E-state index is 5.84. The molecule has 0 spiro atoms. The lowest BCUT2D eigenvalue weighted by atomic mass is 9.99. The summed E-state index contributed by atoms with van der Waals surface area (Å²) in [5.41, 5.74) is 0.242. The average molecular weight is 341 g/mol. The number of hydrogen-bond donors (Lipinski definition) is 1. The van der Waals surface area contributed by atoms with Crippen molar-refractivity contribution in [2.75, 3.05) is 32.8 Å². The molecule has 1 aromatic rings. The molecule has 4 heteroatoms. The van der Waals surface area contributed by atoms with Crippen molar-refractivity contribution in [3.05, 3.63) is 28.7 Å². The summed E-state index contributed by atoms with van der Waals surface area (Å²) in [4.78, 5) is 2.52. The third kappa shape index (κ3) is 4.76. The summed E-state index contributed by atoms with van der Waals surface area (Å²) < 4.78 is 6.90. The fourth-order valence-electron chi connectivity index (χ4n) is 2.60. The van der Waals surface area contributed by atoms with Gasteiger partial charge in [0.2, 0.25) is 0 Å². The summed E-state index contributed by atoms with van der Waals surface area (Å²) in [6.07, 6.45) is 2.38. The van der Waals surface area contributed by atoms with E-state index in [1.807, 2.05) is 24.3 Å². The van der Waals surface area contributed by atoms with Gasteiger partial charge in [0, 0.05) is 23.1 Å². The Balaban J connectivity index is 1.81. The number of ether oxygens (including phenoxy) is 1. The zero-order valence-electron chi connectivity index (χ0n) is 12.5. The van der Waals surface area contributed by atoms with Crippen molar-refractivity contribution >= 4 is 15.9 Å². The van der Waals surface area contributed by atoms with E-state index in [1.165, 1.54) is 6.42 Å². The lowest BCUT2D eigenvalue weighted by Gasteiger charge is -2.32. The second-order valence-corrected chi connectivity index (χ2v) is 6.69. The lowest BCUT2D eigenvalue weighted by Crippen LogP contribution is -2.49. The molecule has 1 heterocycles. The smallest absolute Gasteiger partial charge is 0.120 e. The van der Waals surface area contributed by atoms with Gasteiger partial charge >= 0.3 is 0 Å². The van der Waals surface area contributed by atoms with Crippen LogP contribution < -0.4 is 10.1 Å². The van der Waals surface area contributed by atoms with Crippen LogP contribution in [0, 0.1) is 0 Å². The lowest BCUT2D eigenvalue weighted by molar-refractivity contribution is 0.178. The first kappa shape index (κ1) is 15.8. The van der Waals surface area contributed by atoms with E-state index in [0.717, 1.165) is 49.4 Å². The van der Waals surface area contributed by atoms with Crippen molar-refractivity contribution in [1.29, 1.82) is 0 Å². The summed E-state index contributed by atoms with van der Waals surface area (Å²) in [5.74, 6) is 0.936. The van der Waals surface area contributed by atoms with Gasteiger partial charge in [-0.3, -0.25) is 4.90 Å². The van der Waals surface area contributed by atoms with Gasteiger partial charge in [0.1, 0.15) is 12.4 Å². The molecule has 0 bridgehead atoms. The standard InChI is InChI=1S/C16H25BrN2O/c1-3-16(2)13-19(9-5-8-18-16)10-11-20-15-7-4-6-14(17)12-15/h4,6-7,12,18H,3,5,8-11,13H2,1-2H3. The molecule has 1 saturated heterocycles. The molecule has 1 N–H and O–H groups in total. The number of halogens is 1. The number of nitrogens with zero attached hydrogens (tertiary/aromatic N) is 1. The van der Waals surface area contributed by atoms with Crippen LogP contribution in [-0.2, 0) is 0 Å². The van der Waals surface area contributed by atoms with Crippen molar-refractivity contribution in [2.24, 2.45) is 0 Å². The van der Waals surface area contributed by atoms with Crippen LogP contribution in [0.4, 0.5) is 0 Å². The Morgan fingerprint density at radius 1 is 1.45 bits per heavy atom. The summed E-state index contributed by atoms with van der Waals surface area (Å²) >= 11 is 3.47. The molecular weight excluding hydrogens is 316 g/mol. The van der Waals surface area contributed by atoms with Gasteiger partial charge in [0.15, 0.2) is 0 Å². The second kappa shape index (κ2) is 7.43. The van der Waals surface area contributed by atoms with Crippen LogP contribution in [0.1, 0.15) is 26.7 Å². The van der Waals surface area contributed by atoms with Crippen LogP contribution in [-0.4, -0.2) is 43.2 Å². The van der Waals surface area contributed by atoms with Crippen molar-refractivity contribution in [2.45, 2.75) is 32.2 Å². The van der Waals surface area contributed by atoms with Crippen LogP contribution in [0.25, 0.3) is 0 Å². The van der Waals surface area contributed by atoms with E-state index in [2.05, 4.69) is 40.0 Å². The molecule has 1 aliphatic rings. The molecule has 1 aliphatic heterocycles. The normalized spacial score (nSPS) is 24.4. The van der Waals surface area contributed by atoms with E-state index in [1.54, 1.807) is 0 Å². The summed E-state index contributed by atoms with van der Waals surface area (Å²) in [6, 6.07) is 8.04. The van der Waals surface area contributed by atoms with Gasteiger partial charge in [-0.05, 0) is 51.1 Å². The van der Waals surface area contributed by atoms with E-state index >= 15 is 0 Å². The molecule has 0 aromatic heterocycles. The number of benzene rings is 1. The minimum absolute atomic E-state index is 0.242. The maximum Gasteiger partial charge on any atom is 0.120 e. The molecular formula is C16H25BrN2O. The Bertz CT molecular complexity index is 427. The molecule has 2 rings (SSSR count). The first-order chi connectivity index (χ1) is 9.61. The number of hydrogen-bond acceptors (Lipinski definition) is 3. The van der Waals surface area contributed by atoms with Crippen LogP contribution >= 0.6 is 15.9 Å². The van der Waals surface area contributed by atoms with Gasteiger partial charge in [-0.1, -0.05) is 28.9 Å². The van der Waals surface area contributed by atoms with Gasteiger partial charge in [0.05, 0.1) is 0 Å². The Labute approximate surface area is 130 Å². The largest absolute Gasteiger partial charge is 0.492 e. The topological polar surface area (TPSA) is 24.5 Å². The van der Waals surface area contributed by atoms with Gasteiger partial charge in [-0.25, -0.2) is 0 Å². The maximum absolute atomic E-state index is 5.84. The molecule has 0 radical (unpaired) electrons. The fraction of sp³-hybridized carbons (Fsp3) is 0.625. The highest BCUT2D eigenvalue weighted by atomic mass is 79.9. The molecule has 1 aromatic carbocycles. The minimum atomic E-state index is 0.242. The Kier molecular flexibility index (Phi) is 5.87. The Morgan fingerprint density at radius 2 is 2.30 bits per heavy atom. The molecule has 1 unspecified atom stereocenters. The van der Waals surface area contributed by atoms with E-state index < -0.39 is 0 Å². The highest BCUT2D eigenvalue weighted by Crippen LogP contribution is 2.18. The van der Waals surface area contributed by atoms with Gasteiger partial charge < -0.3 is 10.1 Å². The predicted molar refractivity (Wildman–Crippen MR) is 87.4 cm³/mol. The molecule has 1 atom stereocenters. The summed E-state index contributed by atoms with van der Waals surface area (Å²) in [6.45, 7) is 9.69.